The highest BCUT2D eigenvalue weighted by atomic mass is 19.1. The molecule has 7 heteroatoms. The van der Waals surface area contributed by atoms with E-state index in [1.54, 1.807) is 12.1 Å². The van der Waals surface area contributed by atoms with Gasteiger partial charge in [0.05, 0.1) is 12.8 Å². The Labute approximate surface area is 211 Å². The smallest absolute Gasteiger partial charge is 0.250 e. The van der Waals surface area contributed by atoms with E-state index in [0.29, 0.717) is 38.5 Å². The number of halogens is 1. The Bertz CT molecular complexity index is 1270. The molecular weight excluding hydrogens is 455 g/mol. The van der Waals surface area contributed by atoms with E-state index in [9.17, 15) is 14.3 Å². The number of amides is 1. The number of nitrogens with zero attached hydrogens (tertiary/aromatic N) is 3. The fourth-order valence-corrected chi connectivity index (χ4v) is 6.56. The van der Waals surface area contributed by atoms with Gasteiger partial charge in [-0.3, -0.25) is 9.69 Å². The first-order valence-electron chi connectivity index (χ1n) is 13.0. The molecule has 6 rings (SSSR count). The molecule has 2 heterocycles. The molecule has 3 aromatic rings. The third kappa shape index (κ3) is 3.77. The van der Waals surface area contributed by atoms with Gasteiger partial charge in [0.2, 0.25) is 5.91 Å². The minimum Gasteiger partial charge on any atom is -0.392 e. The second-order valence-electron chi connectivity index (χ2n) is 10.4. The Hall–Kier alpha value is -3.00. The van der Waals surface area contributed by atoms with Gasteiger partial charge in [0, 0.05) is 37.9 Å². The average molecular weight is 489 g/mol. The Kier molecular flexibility index (Phi) is 5.94. The molecule has 0 aromatic heterocycles. The molecule has 0 radical (unpaired) electrons. The van der Waals surface area contributed by atoms with Crippen molar-refractivity contribution in [1.29, 1.82) is 0 Å². The number of nitrogens with two attached hydrogens (primary N) is 1. The molecule has 0 bridgehead atoms. The fourth-order valence-electron chi connectivity index (χ4n) is 6.56. The number of rotatable bonds is 6. The van der Waals surface area contributed by atoms with Crippen LogP contribution in [-0.2, 0) is 11.2 Å². The first-order valence-corrected chi connectivity index (χ1v) is 13.0. The lowest BCUT2D eigenvalue weighted by Crippen LogP contribution is -2.57. The molecule has 3 N–H and O–H groups in total. The highest BCUT2D eigenvalue weighted by Gasteiger charge is 2.54. The SMILES string of the molecule is NC[C@@H](O)CCN1CN(c2ccc(F)cc2)C2(CCN([C@@H]3Cc4cccc5cccc3c45)CC2)C1=O. The zero-order valence-electron chi connectivity index (χ0n) is 20.4. The van der Waals surface area contributed by atoms with Crippen LogP contribution in [0.5, 0.6) is 0 Å². The van der Waals surface area contributed by atoms with Gasteiger partial charge in [-0.2, -0.15) is 0 Å². The van der Waals surface area contributed by atoms with Gasteiger partial charge in [-0.05, 0) is 71.8 Å². The summed E-state index contributed by atoms with van der Waals surface area (Å²) >= 11 is 0. The van der Waals surface area contributed by atoms with Crippen molar-refractivity contribution in [3.8, 4) is 0 Å². The van der Waals surface area contributed by atoms with Crippen LogP contribution in [-0.4, -0.2) is 65.3 Å². The normalized spacial score (nSPS) is 22.2. The maximum atomic E-state index is 13.9. The number of piperidine rings is 1. The van der Waals surface area contributed by atoms with Crippen LogP contribution in [0.4, 0.5) is 10.1 Å². The van der Waals surface area contributed by atoms with Crippen molar-refractivity contribution < 1.29 is 14.3 Å². The first-order chi connectivity index (χ1) is 17.5. The lowest BCUT2D eigenvalue weighted by molar-refractivity contribution is -0.134. The van der Waals surface area contributed by atoms with Crippen LogP contribution in [0.15, 0.2) is 60.7 Å². The predicted molar refractivity (Wildman–Crippen MR) is 139 cm³/mol. The summed E-state index contributed by atoms with van der Waals surface area (Å²) in [6.45, 7) is 2.71. The number of carbonyl (C=O) groups excluding carboxylic acids is 1. The second kappa shape index (κ2) is 9.14. The predicted octanol–water partition coefficient (Wildman–Crippen LogP) is 3.43. The van der Waals surface area contributed by atoms with E-state index in [1.165, 1.54) is 34.0 Å². The van der Waals surface area contributed by atoms with Crippen molar-refractivity contribution in [1.82, 2.24) is 9.80 Å². The summed E-state index contributed by atoms with van der Waals surface area (Å²) in [5.74, 6) is -0.182. The molecule has 6 nitrogen and oxygen atoms in total. The van der Waals surface area contributed by atoms with Crippen LogP contribution in [0.25, 0.3) is 10.8 Å². The summed E-state index contributed by atoms with van der Waals surface area (Å²) in [6.07, 6.45) is 2.25. The topological polar surface area (TPSA) is 73.0 Å². The molecule has 188 valence electrons. The molecule has 0 unspecified atom stereocenters. The molecule has 1 spiro atoms. The Morgan fingerprint density at radius 3 is 2.50 bits per heavy atom. The van der Waals surface area contributed by atoms with Gasteiger partial charge in [-0.15, -0.1) is 0 Å². The molecule has 3 aliphatic rings. The molecule has 1 aliphatic carbocycles. The molecule has 2 atom stereocenters. The zero-order valence-corrected chi connectivity index (χ0v) is 20.4. The third-order valence-electron chi connectivity index (χ3n) is 8.52. The van der Waals surface area contributed by atoms with Crippen molar-refractivity contribution in [2.45, 2.75) is 43.4 Å². The quantitative estimate of drug-likeness (QED) is 0.556. The van der Waals surface area contributed by atoms with Crippen LogP contribution in [0.2, 0.25) is 0 Å². The van der Waals surface area contributed by atoms with Crippen LogP contribution in [0.3, 0.4) is 0 Å². The molecule has 1 amide bonds. The maximum Gasteiger partial charge on any atom is 0.250 e. The zero-order chi connectivity index (χ0) is 24.9. The summed E-state index contributed by atoms with van der Waals surface area (Å²) in [6, 6.07) is 19.9. The van der Waals surface area contributed by atoms with Gasteiger partial charge in [0.15, 0.2) is 0 Å². The van der Waals surface area contributed by atoms with E-state index in [1.807, 2.05) is 4.90 Å². The highest BCUT2D eigenvalue weighted by molar-refractivity contribution is 5.94. The number of anilines is 1. The molecule has 3 aromatic carbocycles. The van der Waals surface area contributed by atoms with E-state index in [-0.39, 0.29) is 18.3 Å². The maximum absolute atomic E-state index is 13.9. The summed E-state index contributed by atoms with van der Waals surface area (Å²) in [5.41, 5.74) is 8.59. The Morgan fingerprint density at radius 2 is 1.78 bits per heavy atom. The van der Waals surface area contributed by atoms with Crippen LogP contribution in [0, 0.1) is 5.82 Å². The molecule has 36 heavy (non-hydrogen) atoms. The number of hydrogen-bond acceptors (Lipinski definition) is 5. The fraction of sp³-hybridized carbons (Fsp3) is 0.414. The second-order valence-corrected chi connectivity index (χ2v) is 10.4. The first kappa shape index (κ1) is 23.4. The van der Waals surface area contributed by atoms with Gasteiger partial charge in [0.25, 0.3) is 0 Å². The minimum absolute atomic E-state index is 0.104. The van der Waals surface area contributed by atoms with Gasteiger partial charge in [-0.1, -0.05) is 36.4 Å². The number of aliphatic hydroxyl groups is 1. The largest absolute Gasteiger partial charge is 0.392 e. The monoisotopic (exact) mass is 488 g/mol. The summed E-state index contributed by atoms with van der Waals surface area (Å²) in [7, 11) is 0. The number of likely N-dealkylation sites (tertiary alicyclic amines) is 1. The van der Waals surface area contributed by atoms with Crippen LogP contribution in [0.1, 0.15) is 36.4 Å². The van der Waals surface area contributed by atoms with Gasteiger partial charge >= 0.3 is 0 Å². The minimum atomic E-state index is -0.653. The molecule has 2 saturated heterocycles. The van der Waals surface area contributed by atoms with Crippen molar-refractivity contribution in [2.24, 2.45) is 5.73 Å². The molecule has 2 aliphatic heterocycles. The lowest BCUT2D eigenvalue weighted by Gasteiger charge is -2.45. The van der Waals surface area contributed by atoms with Crippen LogP contribution < -0.4 is 10.6 Å². The van der Waals surface area contributed by atoms with E-state index < -0.39 is 11.6 Å². The average Bonchev–Trinajstić information content (AvgIpc) is 3.41. The van der Waals surface area contributed by atoms with Crippen molar-refractivity contribution in [2.75, 3.05) is 37.7 Å². The van der Waals surface area contributed by atoms with Crippen LogP contribution >= 0.6 is 0 Å². The molecule has 0 saturated carbocycles. The van der Waals surface area contributed by atoms with Gasteiger partial charge in [0.1, 0.15) is 11.4 Å². The number of hydrogen-bond donors (Lipinski definition) is 2. The molecule has 2 fully saturated rings. The van der Waals surface area contributed by atoms with E-state index in [2.05, 4.69) is 46.2 Å². The van der Waals surface area contributed by atoms with E-state index >= 15 is 0 Å². The highest BCUT2D eigenvalue weighted by Crippen LogP contribution is 2.45. The summed E-state index contributed by atoms with van der Waals surface area (Å²) in [4.78, 5) is 20.4. The number of carbonyl (C=O) groups is 1. The lowest BCUT2D eigenvalue weighted by atomic mass is 9.84. The number of aliphatic hydroxyl groups excluding tert-OH is 1. The van der Waals surface area contributed by atoms with Crippen molar-refractivity contribution in [3.63, 3.8) is 0 Å². The van der Waals surface area contributed by atoms with E-state index in [4.69, 9.17) is 5.73 Å². The standard InChI is InChI=1S/C29H33FN4O2/c30-22-7-9-23(10-8-22)34-19-33(14-11-24(35)18-31)28(36)29(34)12-15-32(16-13-29)26-17-21-5-1-3-20-4-2-6-25(26)27(20)21/h1-10,24,26,35H,11-19,31H2/t24-,26+/m0/s1. The summed E-state index contributed by atoms with van der Waals surface area (Å²) < 4.78 is 13.7. The number of benzene rings is 3. The van der Waals surface area contributed by atoms with Crippen molar-refractivity contribution in [3.05, 3.63) is 77.6 Å². The Morgan fingerprint density at radius 1 is 1.06 bits per heavy atom. The van der Waals surface area contributed by atoms with Gasteiger partial charge < -0.3 is 20.6 Å². The third-order valence-corrected chi connectivity index (χ3v) is 8.52. The summed E-state index contributed by atoms with van der Waals surface area (Å²) in [5, 5.41) is 12.7. The van der Waals surface area contributed by atoms with Gasteiger partial charge in [-0.25, -0.2) is 4.39 Å². The Balaban J connectivity index is 1.25. The van der Waals surface area contributed by atoms with Crippen molar-refractivity contribution >= 4 is 22.4 Å². The van der Waals surface area contributed by atoms with E-state index in [0.717, 1.165) is 25.2 Å². The molecular formula is C29H33FN4O2.